The number of nitro benzene ring substituents is 1. The van der Waals surface area contributed by atoms with Crippen molar-refractivity contribution in [2.75, 3.05) is 0 Å². The summed E-state index contributed by atoms with van der Waals surface area (Å²) in [4.78, 5) is 24.8. The van der Waals surface area contributed by atoms with Crippen LogP contribution in [0.1, 0.15) is 10.5 Å². The molecule has 8 heteroatoms. The molecule has 0 saturated heterocycles. The van der Waals surface area contributed by atoms with Crippen molar-refractivity contribution in [3.05, 3.63) is 76.9 Å². The molecule has 3 rings (SSSR count). The number of hydrogen-bond acceptors (Lipinski definition) is 5. The van der Waals surface area contributed by atoms with Crippen LogP contribution in [0.25, 0.3) is 5.69 Å². The standard InChI is InChI=1S/C16H11N3O5/c20-16(21)15-9-18(10-17-15)12-2-1-3-14(8-12)24-13-6-4-11(5-7-13)19(22)23/h1-10H,(H,20,21). The maximum atomic E-state index is 10.9. The van der Waals surface area contributed by atoms with Gasteiger partial charge in [-0.25, -0.2) is 9.78 Å². The van der Waals surface area contributed by atoms with E-state index in [0.717, 1.165) is 0 Å². The Balaban J connectivity index is 1.82. The van der Waals surface area contributed by atoms with Crippen LogP contribution in [-0.2, 0) is 0 Å². The molecule has 0 aliphatic carbocycles. The molecule has 3 aromatic rings. The molecule has 8 nitrogen and oxygen atoms in total. The van der Waals surface area contributed by atoms with Crippen molar-refractivity contribution in [3.8, 4) is 17.2 Å². The monoisotopic (exact) mass is 325 g/mol. The summed E-state index contributed by atoms with van der Waals surface area (Å²) in [7, 11) is 0. The van der Waals surface area contributed by atoms with Gasteiger partial charge in [0.05, 0.1) is 10.6 Å². The first kappa shape index (κ1) is 15.2. The molecule has 1 N–H and O–H groups in total. The number of hydrogen-bond donors (Lipinski definition) is 1. The third-order valence-electron chi connectivity index (χ3n) is 3.20. The molecule has 0 atom stereocenters. The van der Waals surface area contributed by atoms with Gasteiger partial charge in [0.25, 0.3) is 5.69 Å². The molecule has 0 saturated carbocycles. The fourth-order valence-corrected chi connectivity index (χ4v) is 2.05. The van der Waals surface area contributed by atoms with E-state index in [9.17, 15) is 14.9 Å². The third kappa shape index (κ3) is 3.22. The summed E-state index contributed by atoms with van der Waals surface area (Å²) in [5, 5.41) is 19.5. The van der Waals surface area contributed by atoms with Crippen LogP contribution in [0.2, 0.25) is 0 Å². The number of nitrogens with zero attached hydrogens (tertiary/aromatic N) is 3. The summed E-state index contributed by atoms with van der Waals surface area (Å²) in [5.41, 5.74) is 0.599. The average molecular weight is 325 g/mol. The van der Waals surface area contributed by atoms with E-state index in [-0.39, 0.29) is 11.4 Å². The summed E-state index contributed by atoms with van der Waals surface area (Å²) in [5.74, 6) is -0.145. The van der Waals surface area contributed by atoms with Gasteiger partial charge in [0.15, 0.2) is 5.69 Å². The molecule has 120 valence electrons. The minimum atomic E-state index is -1.10. The molecule has 0 unspecified atom stereocenters. The first-order valence-corrected chi connectivity index (χ1v) is 6.83. The number of carbonyl (C=O) groups is 1. The Morgan fingerprint density at radius 3 is 2.54 bits per heavy atom. The normalized spacial score (nSPS) is 10.3. The van der Waals surface area contributed by atoms with Crippen LogP contribution in [0.4, 0.5) is 5.69 Å². The molecule has 24 heavy (non-hydrogen) atoms. The first-order chi connectivity index (χ1) is 11.5. The Kier molecular flexibility index (Phi) is 3.94. The van der Waals surface area contributed by atoms with Gasteiger partial charge in [-0.3, -0.25) is 10.1 Å². The Labute approximate surface area is 135 Å². The summed E-state index contributed by atoms with van der Waals surface area (Å²) in [6.07, 6.45) is 2.79. The number of rotatable bonds is 5. The molecule has 0 amide bonds. The molecule has 0 radical (unpaired) electrons. The van der Waals surface area contributed by atoms with Gasteiger partial charge < -0.3 is 14.4 Å². The van der Waals surface area contributed by atoms with Crippen LogP contribution < -0.4 is 4.74 Å². The second-order valence-corrected chi connectivity index (χ2v) is 4.82. The van der Waals surface area contributed by atoms with Crippen LogP contribution in [0, 0.1) is 10.1 Å². The van der Waals surface area contributed by atoms with E-state index in [2.05, 4.69) is 4.98 Å². The molecular formula is C16H11N3O5. The number of nitro groups is 1. The Bertz CT molecular complexity index is 902. The van der Waals surface area contributed by atoms with Gasteiger partial charge >= 0.3 is 5.97 Å². The van der Waals surface area contributed by atoms with Crippen LogP contribution in [-0.4, -0.2) is 25.6 Å². The predicted octanol–water partition coefficient (Wildman–Crippen LogP) is 3.27. The van der Waals surface area contributed by atoms with Crippen LogP contribution >= 0.6 is 0 Å². The molecule has 0 aliphatic rings. The minimum absolute atomic E-state index is 0.0179. The lowest BCUT2D eigenvalue weighted by atomic mass is 10.3. The Hall–Kier alpha value is -3.68. The lowest BCUT2D eigenvalue weighted by Crippen LogP contribution is -1.96. The SMILES string of the molecule is O=C(O)c1cn(-c2cccc(Oc3ccc([N+](=O)[O-])cc3)c2)cn1. The number of ether oxygens (including phenoxy) is 1. The van der Waals surface area contributed by atoms with E-state index in [1.165, 1.54) is 36.8 Å². The van der Waals surface area contributed by atoms with E-state index in [1.807, 2.05) is 0 Å². The van der Waals surface area contributed by atoms with Crippen LogP contribution in [0.3, 0.4) is 0 Å². The quantitative estimate of drug-likeness (QED) is 0.570. The zero-order valence-corrected chi connectivity index (χ0v) is 12.2. The summed E-state index contributed by atoms with van der Waals surface area (Å²) in [6.45, 7) is 0. The number of imidazole rings is 1. The fourth-order valence-electron chi connectivity index (χ4n) is 2.05. The minimum Gasteiger partial charge on any atom is -0.476 e. The third-order valence-corrected chi connectivity index (χ3v) is 3.20. The van der Waals surface area contributed by atoms with Gasteiger partial charge in [-0.1, -0.05) is 6.07 Å². The number of aromatic carboxylic acids is 1. The first-order valence-electron chi connectivity index (χ1n) is 6.83. The van der Waals surface area contributed by atoms with Gasteiger partial charge in [0.1, 0.15) is 17.8 Å². The zero-order chi connectivity index (χ0) is 17.1. The molecule has 2 aromatic carbocycles. The van der Waals surface area contributed by atoms with E-state index in [0.29, 0.717) is 17.2 Å². The highest BCUT2D eigenvalue weighted by Crippen LogP contribution is 2.25. The largest absolute Gasteiger partial charge is 0.476 e. The van der Waals surface area contributed by atoms with Crippen LogP contribution in [0.15, 0.2) is 61.1 Å². The molecule has 0 aliphatic heterocycles. The second kappa shape index (κ2) is 6.21. The highest BCUT2D eigenvalue weighted by molar-refractivity contribution is 5.85. The van der Waals surface area contributed by atoms with Crippen molar-refractivity contribution < 1.29 is 19.6 Å². The number of non-ortho nitro benzene ring substituents is 1. The highest BCUT2D eigenvalue weighted by atomic mass is 16.6. The van der Waals surface area contributed by atoms with E-state index < -0.39 is 10.9 Å². The summed E-state index contributed by atoms with van der Waals surface area (Å²) in [6, 6.07) is 12.7. The molecule has 1 heterocycles. The summed E-state index contributed by atoms with van der Waals surface area (Å²) < 4.78 is 7.22. The molecular weight excluding hydrogens is 314 g/mol. The van der Waals surface area contributed by atoms with Crippen molar-refractivity contribution in [1.82, 2.24) is 9.55 Å². The number of carboxylic acid groups (broad SMARTS) is 1. The Morgan fingerprint density at radius 2 is 1.92 bits per heavy atom. The second-order valence-electron chi connectivity index (χ2n) is 4.82. The van der Waals surface area contributed by atoms with E-state index >= 15 is 0 Å². The maximum absolute atomic E-state index is 10.9. The van der Waals surface area contributed by atoms with Gasteiger partial charge in [0, 0.05) is 24.4 Å². The van der Waals surface area contributed by atoms with E-state index in [1.54, 1.807) is 28.8 Å². The van der Waals surface area contributed by atoms with Crippen molar-refractivity contribution in [2.45, 2.75) is 0 Å². The molecule has 1 aromatic heterocycles. The van der Waals surface area contributed by atoms with Gasteiger partial charge in [-0.05, 0) is 24.3 Å². The van der Waals surface area contributed by atoms with Crippen molar-refractivity contribution in [3.63, 3.8) is 0 Å². The topological polar surface area (TPSA) is 107 Å². The lowest BCUT2D eigenvalue weighted by Gasteiger charge is -2.08. The van der Waals surface area contributed by atoms with Crippen molar-refractivity contribution >= 4 is 11.7 Å². The van der Waals surface area contributed by atoms with Crippen molar-refractivity contribution in [1.29, 1.82) is 0 Å². The van der Waals surface area contributed by atoms with Gasteiger partial charge in [-0.15, -0.1) is 0 Å². The smallest absolute Gasteiger partial charge is 0.356 e. The molecule has 0 fully saturated rings. The lowest BCUT2D eigenvalue weighted by molar-refractivity contribution is -0.384. The molecule has 0 spiro atoms. The average Bonchev–Trinajstić information content (AvgIpc) is 3.06. The van der Waals surface area contributed by atoms with Crippen molar-refractivity contribution in [2.24, 2.45) is 0 Å². The summed E-state index contributed by atoms with van der Waals surface area (Å²) >= 11 is 0. The van der Waals surface area contributed by atoms with Gasteiger partial charge in [0.2, 0.25) is 0 Å². The number of benzene rings is 2. The predicted molar refractivity (Wildman–Crippen MR) is 83.7 cm³/mol. The fraction of sp³-hybridized carbons (Fsp3) is 0. The van der Waals surface area contributed by atoms with Gasteiger partial charge in [-0.2, -0.15) is 0 Å². The maximum Gasteiger partial charge on any atom is 0.356 e. The number of aromatic nitrogens is 2. The van der Waals surface area contributed by atoms with E-state index in [4.69, 9.17) is 9.84 Å². The highest BCUT2D eigenvalue weighted by Gasteiger charge is 2.09. The number of carboxylic acids is 1. The Morgan fingerprint density at radius 1 is 1.17 bits per heavy atom. The zero-order valence-electron chi connectivity index (χ0n) is 12.2. The van der Waals surface area contributed by atoms with Crippen LogP contribution in [0.5, 0.6) is 11.5 Å². The molecule has 0 bridgehead atoms.